The zero-order valence-corrected chi connectivity index (χ0v) is 25.8. The number of halogens is 1. The van der Waals surface area contributed by atoms with Crippen molar-refractivity contribution in [1.82, 2.24) is 4.57 Å². The molecule has 1 aromatic heterocycles. The average molecular weight is 607 g/mol. The molecule has 45 heavy (non-hydrogen) atoms. The third kappa shape index (κ3) is 7.79. The Morgan fingerprint density at radius 3 is 2.09 bits per heavy atom. The van der Waals surface area contributed by atoms with Crippen LogP contribution in [0.15, 0.2) is 97.2 Å². The van der Waals surface area contributed by atoms with Gasteiger partial charge in [0, 0.05) is 35.2 Å². The van der Waals surface area contributed by atoms with Gasteiger partial charge in [-0.2, -0.15) is 0 Å². The zero-order chi connectivity index (χ0) is 31.8. The van der Waals surface area contributed by atoms with Crippen LogP contribution in [0.4, 0.5) is 10.1 Å². The summed E-state index contributed by atoms with van der Waals surface area (Å²) in [6, 6.07) is 29.2. The van der Waals surface area contributed by atoms with E-state index in [4.69, 9.17) is 9.84 Å². The van der Waals surface area contributed by atoms with Gasteiger partial charge in [0.25, 0.3) is 5.91 Å². The number of nitrogens with one attached hydrogen (secondary N) is 1. The molecular formula is C38H39FN2O4. The number of aryl methyl sites for hydroxylation is 2. The molecule has 0 radical (unpaired) electrons. The Hall–Kier alpha value is -4.91. The van der Waals surface area contributed by atoms with E-state index in [-0.39, 0.29) is 37.1 Å². The zero-order valence-electron chi connectivity index (χ0n) is 25.8. The number of hydrogen-bond donors (Lipinski definition) is 2. The number of benzene rings is 4. The molecule has 0 unspecified atom stereocenters. The highest BCUT2D eigenvalue weighted by Crippen LogP contribution is 2.33. The molecule has 0 fully saturated rings. The summed E-state index contributed by atoms with van der Waals surface area (Å²) in [5.74, 6) is -1.66. The first-order valence-electron chi connectivity index (χ1n) is 15.6. The Morgan fingerprint density at radius 1 is 0.844 bits per heavy atom. The molecule has 6 nitrogen and oxygen atoms in total. The minimum Gasteiger partial charge on any atom is -0.491 e. The molecule has 0 saturated carbocycles. The molecule has 0 atom stereocenters. The molecule has 0 saturated heterocycles. The van der Waals surface area contributed by atoms with E-state index in [1.165, 1.54) is 40.5 Å². The van der Waals surface area contributed by atoms with Gasteiger partial charge in [-0.3, -0.25) is 9.59 Å². The van der Waals surface area contributed by atoms with Crippen LogP contribution in [0.3, 0.4) is 0 Å². The molecule has 1 heterocycles. The van der Waals surface area contributed by atoms with Crippen LogP contribution in [-0.4, -0.2) is 28.2 Å². The Bertz CT molecular complexity index is 1710. The van der Waals surface area contributed by atoms with Crippen molar-refractivity contribution in [3.8, 4) is 5.75 Å². The lowest BCUT2D eigenvalue weighted by atomic mass is 9.95. The molecule has 2 N–H and O–H groups in total. The van der Waals surface area contributed by atoms with E-state index < -0.39 is 11.8 Å². The van der Waals surface area contributed by atoms with Crippen molar-refractivity contribution < 1.29 is 23.8 Å². The predicted octanol–water partition coefficient (Wildman–Crippen LogP) is 8.82. The summed E-state index contributed by atoms with van der Waals surface area (Å²) in [4.78, 5) is 24.1. The lowest BCUT2D eigenvalue weighted by Crippen LogP contribution is -2.14. The van der Waals surface area contributed by atoms with Crippen molar-refractivity contribution in [3.05, 3.63) is 131 Å². The lowest BCUT2D eigenvalue weighted by molar-refractivity contribution is -0.137. The quantitative estimate of drug-likeness (QED) is 0.124. The van der Waals surface area contributed by atoms with Gasteiger partial charge in [-0.1, -0.05) is 75.2 Å². The van der Waals surface area contributed by atoms with Crippen LogP contribution in [0.2, 0.25) is 0 Å². The first-order chi connectivity index (χ1) is 21.9. The topological polar surface area (TPSA) is 80.6 Å². The fourth-order valence-corrected chi connectivity index (χ4v) is 5.67. The van der Waals surface area contributed by atoms with Gasteiger partial charge in [-0.15, -0.1) is 0 Å². The molecule has 0 aliphatic heterocycles. The summed E-state index contributed by atoms with van der Waals surface area (Å²) in [5, 5.41) is 12.6. The molecule has 1 amide bonds. The Morgan fingerprint density at radius 2 is 1.49 bits per heavy atom. The Kier molecular flexibility index (Phi) is 10.3. The van der Waals surface area contributed by atoms with E-state index in [0.717, 1.165) is 36.6 Å². The number of aliphatic carboxylic acids is 1. The molecular weight excluding hydrogens is 567 g/mol. The summed E-state index contributed by atoms with van der Waals surface area (Å²) < 4.78 is 21.8. The van der Waals surface area contributed by atoms with Crippen LogP contribution in [0.25, 0.3) is 10.9 Å². The summed E-state index contributed by atoms with van der Waals surface area (Å²) in [6.45, 7) is 4.46. The number of rotatable bonds is 14. The minimum atomic E-state index is -0.934. The molecule has 0 bridgehead atoms. The number of anilines is 1. The maximum absolute atomic E-state index is 14.0. The Labute approximate surface area is 263 Å². The largest absolute Gasteiger partial charge is 0.491 e. The van der Waals surface area contributed by atoms with Crippen LogP contribution < -0.4 is 10.1 Å². The second kappa shape index (κ2) is 14.7. The van der Waals surface area contributed by atoms with Gasteiger partial charge in [0.05, 0.1) is 18.3 Å². The number of nitrogens with zero attached hydrogens (tertiary/aromatic N) is 1. The van der Waals surface area contributed by atoms with Crippen LogP contribution in [-0.2, 0) is 17.6 Å². The number of fused-ring (bicyclic) bond motifs is 1. The number of carboxylic acid groups (broad SMARTS) is 1. The SMILES string of the molecule is CCCc1ccc(C(c2ccc(CCC)cc2)n2ccc3cc(C(=O)Nc4ccc(F)cc4OCCCC(=O)O)ccc32)cc1. The standard InChI is InChI=1S/C38H39FN2O4/c1-3-6-26-9-13-28(14-10-26)37(29-15-11-27(7-4-2)12-16-29)41-22-21-30-24-31(17-20-34(30)41)38(44)40-33-19-18-32(39)25-35(33)45-23-5-8-36(42)43/h9-22,24-25,37H,3-8,23H2,1-2H3,(H,40,44)(H,42,43). The average Bonchev–Trinajstić information content (AvgIpc) is 3.45. The molecule has 4 aromatic carbocycles. The van der Waals surface area contributed by atoms with Crippen LogP contribution >= 0.6 is 0 Å². The molecule has 7 heteroatoms. The number of ether oxygens (including phenoxy) is 1. The molecule has 0 aliphatic carbocycles. The van der Waals surface area contributed by atoms with Crippen molar-refractivity contribution in [2.45, 2.75) is 58.4 Å². The fraction of sp³-hybridized carbons (Fsp3) is 0.263. The first-order valence-corrected chi connectivity index (χ1v) is 15.6. The van der Waals surface area contributed by atoms with Crippen LogP contribution in [0, 0.1) is 5.82 Å². The number of amides is 1. The molecule has 232 valence electrons. The highest BCUT2D eigenvalue weighted by molar-refractivity contribution is 6.07. The van der Waals surface area contributed by atoms with E-state index in [1.807, 2.05) is 18.2 Å². The van der Waals surface area contributed by atoms with Gasteiger partial charge in [0.2, 0.25) is 0 Å². The number of carboxylic acids is 1. The monoisotopic (exact) mass is 606 g/mol. The molecule has 0 aliphatic rings. The summed E-state index contributed by atoms with van der Waals surface area (Å²) in [6.07, 6.45) is 6.56. The normalized spacial score (nSPS) is 11.2. The Balaban J connectivity index is 1.42. The number of aromatic nitrogens is 1. The van der Waals surface area contributed by atoms with Gasteiger partial charge in [-0.25, -0.2) is 4.39 Å². The minimum absolute atomic E-state index is 0.0476. The highest BCUT2D eigenvalue weighted by Gasteiger charge is 2.20. The van der Waals surface area contributed by atoms with E-state index in [9.17, 15) is 14.0 Å². The third-order valence-electron chi connectivity index (χ3n) is 7.91. The second-order valence-corrected chi connectivity index (χ2v) is 11.3. The van der Waals surface area contributed by atoms with Gasteiger partial charge < -0.3 is 19.7 Å². The summed E-state index contributed by atoms with van der Waals surface area (Å²) >= 11 is 0. The van der Waals surface area contributed by atoms with Gasteiger partial charge in [0.15, 0.2) is 0 Å². The van der Waals surface area contributed by atoms with Crippen molar-refractivity contribution in [2.75, 3.05) is 11.9 Å². The van der Waals surface area contributed by atoms with E-state index in [0.29, 0.717) is 11.3 Å². The van der Waals surface area contributed by atoms with Gasteiger partial charge in [-0.05, 0) is 77.9 Å². The van der Waals surface area contributed by atoms with Crippen molar-refractivity contribution in [3.63, 3.8) is 0 Å². The number of carbonyl (C=O) groups is 2. The third-order valence-corrected chi connectivity index (χ3v) is 7.91. The second-order valence-electron chi connectivity index (χ2n) is 11.3. The van der Waals surface area contributed by atoms with E-state index >= 15 is 0 Å². The van der Waals surface area contributed by atoms with Crippen LogP contribution in [0.5, 0.6) is 5.75 Å². The van der Waals surface area contributed by atoms with Crippen LogP contribution in [0.1, 0.15) is 78.2 Å². The van der Waals surface area contributed by atoms with Gasteiger partial charge in [0.1, 0.15) is 11.6 Å². The highest BCUT2D eigenvalue weighted by atomic mass is 19.1. The smallest absolute Gasteiger partial charge is 0.303 e. The van der Waals surface area contributed by atoms with E-state index in [1.54, 1.807) is 6.07 Å². The lowest BCUT2D eigenvalue weighted by Gasteiger charge is -2.22. The van der Waals surface area contributed by atoms with Crippen molar-refractivity contribution >= 4 is 28.5 Å². The number of hydrogen-bond acceptors (Lipinski definition) is 3. The summed E-state index contributed by atoms with van der Waals surface area (Å²) in [5.41, 5.74) is 6.77. The number of carbonyl (C=O) groups excluding carboxylic acids is 1. The molecule has 0 spiro atoms. The fourth-order valence-electron chi connectivity index (χ4n) is 5.67. The maximum Gasteiger partial charge on any atom is 0.303 e. The van der Waals surface area contributed by atoms with E-state index in [2.05, 4.69) is 78.5 Å². The van der Waals surface area contributed by atoms with Crippen molar-refractivity contribution in [2.24, 2.45) is 0 Å². The molecule has 5 rings (SSSR count). The molecule has 5 aromatic rings. The predicted molar refractivity (Wildman–Crippen MR) is 177 cm³/mol. The summed E-state index contributed by atoms with van der Waals surface area (Å²) in [7, 11) is 0. The van der Waals surface area contributed by atoms with Crippen molar-refractivity contribution in [1.29, 1.82) is 0 Å². The first kappa shape index (κ1) is 31.5. The maximum atomic E-state index is 14.0. The van der Waals surface area contributed by atoms with Gasteiger partial charge >= 0.3 is 5.97 Å².